The van der Waals surface area contributed by atoms with Crippen LogP contribution in [0.1, 0.15) is 10.6 Å². The van der Waals surface area contributed by atoms with Crippen molar-refractivity contribution in [2.45, 2.75) is 0 Å². The van der Waals surface area contributed by atoms with Gasteiger partial charge in [-0.3, -0.25) is 4.79 Å². The first-order valence-corrected chi connectivity index (χ1v) is 9.69. The van der Waals surface area contributed by atoms with Crippen molar-refractivity contribution in [3.63, 3.8) is 0 Å². The van der Waals surface area contributed by atoms with E-state index in [0.29, 0.717) is 32.3 Å². The zero-order chi connectivity index (χ0) is 20.4. The molecule has 4 rings (SSSR count). The van der Waals surface area contributed by atoms with Crippen LogP contribution in [0.15, 0.2) is 72.8 Å². The van der Waals surface area contributed by atoms with Crippen molar-refractivity contribution < 1.29 is 4.79 Å². The molecule has 0 spiro atoms. The first kappa shape index (κ1) is 19.5. The number of benzene rings is 3. The van der Waals surface area contributed by atoms with Crippen LogP contribution in [-0.2, 0) is 0 Å². The van der Waals surface area contributed by atoms with Gasteiger partial charge in [0, 0.05) is 26.3 Å². The number of halogens is 3. The highest BCUT2D eigenvalue weighted by molar-refractivity contribution is 6.31. The molecular formula is C21H13Cl3N4O. The van der Waals surface area contributed by atoms with Crippen LogP contribution in [-0.4, -0.2) is 20.7 Å². The van der Waals surface area contributed by atoms with E-state index in [1.807, 2.05) is 12.1 Å². The van der Waals surface area contributed by atoms with Crippen LogP contribution in [0, 0.1) is 0 Å². The molecule has 1 aromatic heterocycles. The minimum Gasteiger partial charge on any atom is -0.319 e. The smallest absolute Gasteiger partial charge is 0.295 e. The van der Waals surface area contributed by atoms with Gasteiger partial charge < -0.3 is 5.32 Å². The Morgan fingerprint density at radius 1 is 0.828 bits per heavy atom. The maximum atomic E-state index is 12.7. The van der Waals surface area contributed by atoms with Crippen molar-refractivity contribution in [1.29, 1.82) is 0 Å². The van der Waals surface area contributed by atoms with E-state index in [0.717, 1.165) is 5.56 Å². The first-order valence-electron chi connectivity index (χ1n) is 8.55. The van der Waals surface area contributed by atoms with E-state index < -0.39 is 5.91 Å². The fourth-order valence-electron chi connectivity index (χ4n) is 2.74. The topological polar surface area (TPSA) is 59.8 Å². The summed E-state index contributed by atoms with van der Waals surface area (Å²) < 4.78 is 1.58. The lowest BCUT2D eigenvalue weighted by atomic mass is 10.2. The number of anilines is 1. The lowest BCUT2D eigenvalue weighted by molar-refractivity contribution is 0.101. The Hall–Kier alpha value is -2.86. The predicted octanol–water partition coefficient (Wildman–Crippen LogP) is 6.15. The molecule has 0 aliphatic heterocycles. The van der Waals surface area contributed by atoms with E-state index in [1.165, 1.54) is 0 Å². The quantitative estimate of drug-likeness (QED) is 0.412. The molecule has 0 unspecified atom stereocenters. The standard InChI is InChI=1S/C21H13Cl3N4O/c22-14-7-9-18(10-8-14)28-20(13-3-1-4-15(23)11-13)26-19(27-28)21(29)25-17-6-2-5-16(24)12-17/h1-12H,(H,25,29). The molecule has 0 atom stereocenters. The number of carbonyl (C=O) groups is 1. The monoisotopic (exact) mass is 442 g/mol. The molecule has 0 radical (unpaired) electrons. The van der Waals surface area contributed by atoms with Crippen molar-refractivity contribution in [1.82, 2.24) is 14.8 Å². The van der Waals surface area contributed by atoms with E-state index in [1.54, 1.807) is 65.3 Å². The van der Waals surface area contributed by atoms with E-state index in [9.17, 15) is 4.79 Å². The third-order valence-corrected chi connectivity index (χ3v) is 4.77. The van der Waals surface area contributed by atoms with Crippen molar-refractivity contribution in [2.75, 3.05) is 5.32 Å². The summed E-state index contributed by atoms with van der Waals surface area (Å²) in [4.78, 5) is 17.2. The van der Waals surface area contributed by atoms with Gasteiger partial charge in [-0.05, 0) is 54.6 Å². The maximum Gasteiger partial charge on any atom is 0.295 e. The van der Waals surface area contributed by atoms with Crippen LogP contribution in [0.5, 0.6) is 0 Å². The van der Waals surface area contributed by atoms with Crippen LogP contribution in [0.3, 0.4) is 0 Å². The molecule has 0 bridgehead atoms. The molecular weight excluding hydrogens is 431 g/mol. The van der Waals surface area contributed by atoms with Gasteiger partial charge in [0.1, 0.15) is 0 Å². The minimum absolute atomic E-state index is 0.00917. The molecule has 5 nitrogen and oxygen atoms in total. The van der Waals surface area contributed by atoms with Gasteiger partial charge in [-0.2, -0.15) is 0 Å². The van der Waals surface area contributed by atoms with Crippen molar-refractivity contribution >= 4 is 46.4 Å². The SMILES string of the molecule is O=C(Nc1cccc(Cl)c1)c1nc(-c2cccc(Cl)c2)n(-c2ccc(Cl)cc2)n1. The Labute approximate surface area is 181 Å². The number of amides is 1. The summed E-state index contributed by atoms with van der Waals surface area (Å²) in [6.45, 7) is 0. The Morgan fingerprint density at radius 3 is 2.21 bits per heavy atom. The fourth-order valence-corrected chi connectivity index (χ4v) is 3.24. The minimum atomic E-state index is -0.455. The average molecular weight is 444 g/mol. The lowest BCUT2D eigenvalue weighted by Gasteiger charge is -2.06. The molecule has 29 heavy (non-hydrogen) atoms. The van der Waals surface area contributed by atoms with Gasteiger partial charge in [-0.1, -0.05) is 53.0 Å². The molecule has 1 N–H and O–H groups in total. The molecule has 0 saturated carbocycles. The van der Waals surface area contributed by atoms with Gasteiger partial charge in [0.05, 0.1) is 5.69 Å². The molecule has 0 fully saturated rings. The highest BCUT2D eigenvalue weighted by Gasteiger charge is 2.19. The summed E-state index contributed by atoms with van der Waals surface area (Å²) in [5, 5.41) is 8.83. The highest BCUT2D eigenvalue weighted by atomic mass is 35.5. The van der Waals surface area contributed by atoms with E-state index in [4.69, 9.17) is 34.8 Å². The Morgan fingerprint density at radius 2 is 1.52 bits per heavy atom. The number of rotatable bonds is 4. The number of carbonyl (C=O) groups excluding carboxylic acids is 1. The van der Waals surface area contributed by atoms with Crippen LogP contribution in [0.4, 0.5) is 5.69 Å². The van der Waals surface area contributed by atoms with Gasteiger partial charge in [0.15, 0.2) is 5.82 Å². The third kappa shape index (κ3) is 4.43. The number of nitrogens with zero attached hydrogens (tertiary/aromatic N) is 3. The molecule has 3 aromatic carbocycles. The highest BCUT2D eigenvalue weighted by Crippen LogP contribution is 2.25. The number of nitrogens with one attached hydrogen (secondary N) is 1. The third-order valence-electron chi connectivity index (χ3n) is 4.05. The van der Waals surface area contributed by atoms with Gasteiger partial charge >= 0.3 is 0 Å². The van der Waals surface area contributed by atoms with E-state index in [-0.39, 0.29) is 5.82 Å². The summed E-state index contributed by atoms with van der Waals surface area (Å²) in [6, 6.07) is 21.1. The van der Waals surface area contributed by atoms with Gasteiger partial charge in [-0.15, -0.1) is 5.10 Å². The number of aromatic nitrogens is 3. The zero-order valence-electron chi connectivity index (χ0n) is 14.8. The number of hydrogen-bond donors (Lipinski definition) is 1. The molecule has 144 valence electrons. The van der Waals surface area contributed by atoms with Crippen LogP contribution in [0.25, 0.3) is 17.1 Å². The second-order valence-electron chi connectivity index (χ2n) is 6.12. The molecule has 0 aliphatic carbocycles. The summed E-state index contributed by atoms with van der Waals surface area (Å²) in [5.41, 5.74) is 1.98. The second-order valence-corrected chi connectivity index (χ2v) is 7.43. The normalized spacial score (nSPS) is 10.7. The zero-order valence-corrected chi connectivity index (χ0v) is 17.1. The van der Waals surface area contributed by atoms with Gasteiger partial charge in [0.2, 0.25) is 5.82 Å². The fraction of sp³-hybridized carbons (Fsp3) is 0. The van der Waals surface area contributed by atoms with Crippen LogP contribution < -0.4 is 5.32 Å². The van der Waals surface area contributed by atoms with Crippen molar-refractivity contribution in [3.8, 4) is 17.1 Å². The summed E-state index contributed by atoms with van der Waals surface area (Å²) in [5.74, 6) is 0.0317. The average Bonchev–Trinajstić information content (AvgIpc) is 3.14. The Bertz CT molecular complexity index is 1190. The Balaban J connectivity index is 1.76. The molecule has 4 aromatic rings. The van der Waals surface area contributed by atoms with Crippen molar-refractivity contribution in [3.05, 3.63) is 93.7 Å². The lowest BCUT2D eigenvalue weighted by Crippen LogP contribution is -2.14. The largest absolute Gasteiger partial charge is 0.319 e. The molecule has 8 heteroatoms. The van der Waals surface area contributed by atoms with E-state index >= 15 is 0 Å². The van der Waals surface area contributed by atoms with Gasteiger partial charge in [-0.25, -0.2) is 9.67 Å². The molecule has 0 saturated heterocycles. The summed E-state index contributed by atoms with van der Waals surface area (Å²) in [7, 11) is 0. The van der Waals surface area contributed by atoms with Crippen LogP contribution in [0.2, 0.25) is 15.1 Å². The van der Waals surface area contributed by atoms with Crippen molar-refractivity contribution in [2.24, 2.45) is 0 Å². The second kappa shape index (κ2) is 8.25. The van der Waals surface area contributed by atoms with Crippen LogP contribution >= 0.6 is 34.8 Å². The molecule has 1 amide bonds. The summed E-state index contributed by atoms with van der Waals surface area (Å²) >= 11 is 18.1. The molecule has 0 aliphatic rings. The number of hydrogen-bond acceptors (Lipinski definition) is 3. The maximum absolute atomic E-state index is 12.7. The predicted molar refractivity (Wildman–Crippen MR) is 116 cm³/mol. The van der Waals surface area contributed by atoms with Gasteiger partial charge in [0.25, 0.3) is 5.91 Å². The van der Waals surface area contributed by atoms with E-state index in [2.05, 4.69) is 15.4 Å². The summed E-state index contributed by atoms with van der Waals surface area (Å²) in [6.07, 6.45) is 0. The molecule has 1 heterocycles. The Kier molecular flexibility index (Phi) is 5.53. The first-order chi connectivity index (χ1) is 14.0.